The third-order valence-corrected chi connectivity index (χ3v) is 4.02. The van der Waals surface area contributed by atoms with Gasteiger partial charge in [-0.2, -0.15) is 0 Å². The molecule has 0 aliphatic carbocycles. The summed E-state index contributed by atoms with van der Waals surface area (Å²) in [6, 6.07) is 18.8. The summed E-state index contributed by atoms with van der Waals surface area (Å²) < 4.78 is 11.5. The highest BCUT2D eigenvalue weighted by Gasteiger charge is 2.25. The minimum atomic E-state index is -0.124. The van der Waals surface area contributed by atoms with Crippen molar-refractivity contribution in [2.45, 2.75) is 38.4 Å². The van der Waals surface area contributed by atoms with E-state index >= 15 is 0 Å². The second-order valence-electron chi connectivity index (χ2n) is 6.60. The van der Waals surface area contributed by atoms with Crippen molar-refractivity contribution in [2.75, 3.05) is 14.2 Å². The molecule has 0 heterocycles. The van der Waals surface area contributed by atoms with Crippen molar-refractivity contribution in [1.29, 1.82) is 0 Å². The lowest BCUT2D eigenvalue weighted by atomic mass is 9.86. The van der Waals surface area contributed by atoms with Crippen molar-refractivity contribution in [2.24, 2.45) is 0 Å². The molecule has 0 aromatic heterocycles. The van der Waals surface area contributed by atoms with Gasteiger partial charge in [-0.05, 0) is 22.1 Å². The van der Waals surface area contributed by atoms with Crippen LogP contribution in [0.25, 0.3) is 0 Å². The molecule has 0 saturated carbocycles. The molecule has 0 fully saturated rings. The molecular weight excluding hydrogens is 272 g/mol. The Labute approximate surface area is 134 Å². The van der Waals surface area contributed by atoms with Gasteiger partial charge in [0.25, 0.3) is 0 Å². The summed E-state index contributed by atoms with van der Waals surface area (Å²) >= 11 is 0. The average Bonchev–Trinajstić information content (AvgIpc) is 2.52. The molecule has 0 radical (unpaired) electrons. The summed E-state index contributed by atoms with van der Waals surface area (Å²) in [7, 11) is 3.46. The standard InChI is InChI=1S/C20H26O2/c1-20(2,3)17-13-11-16(12-14-17)19(22-5)18(21-4)15-9-7-6-8-10-15/h6-14,18-19H,1-5H3. The Morgan fingerprint density at radius 3 is 1.55 bits per heavy atom. The van der Waals surface area contributed by atoms with Crippen LogP contribution in [-0.2, 0) is 14.9 Å². The molecule has 2 aromatic rings. The molecule has 2 unspecified atom stereocenters. The SMILES string of the molecule is COC(c1ccccc1)C(OC)c1ccc(C(C)(C)C)cc1. The highest BCUT2D eigenvalue weighted by Crippen LogP contribution is 2.35. The van der Waals surface area contributed by atoms with E-state index in [1.165, 1.54) is 5.56 Å². The highest BCUT2D eigenvalue weighted by atomic mass is 16.5. The minimum absolute atomic E-state index is 0.119. The summed E-state index contributed by atoms with van der Waals surface area (Å²) in [4.78, 5) is 0. The predicted molar refractivity (Wildman–Crippen MR) is 91.1 cm³/mol. The van der Waals surface area contributed by atoms with Crippen LogP contribution in [0.3, 0.4) is 0 Å². The maximum absolute atomic E-state index is 5.74. The zero-order valence-electron chi connectivity index (χ0n) is 14.2. The van der Waals surface area contributed by atoms with Crippen molar-refractivity contribution in [3.63, 3.8) is 0 Å². The molecule has 2 heteroatoms. The van der Waals surface area contributed by atoms with Crippen LogP contribution in [0.2, 0.25) is 0 Å². The molecule has 0 amide bonds. The third-order valence-electron chi connectivity index (χ3n) is 4.02. The van der Waals surface area contributed by atoms with E-state index in [1.807, 2.05) is 18.2 Å². The molecule has 118 valence electrons. The Morgan fingerprint density at radius 1 is 0.682 bits per heavy atom. The summed E-state index contributed by atoms with van der Waals surface area (Å²) in [6.45, 7) is 6.66. The fraction of sp³-hybridized carbons (Fsp3) is 0.400. The van der Waals surface area contributed by atoms with Gasteiger partial charge < -0.3 is 9.47 Å². The zero-order valence-corrected chi connectivity index (χ0v) is 14.2. The Kier molecular flexibility index (Phi) is 5.38. The lowest BCUT2D eigenvalue weighted by Crippen LogP contribution is -2.16. The van der Waals surface area contributed by atoms with E-state index in [1.54, 1.807) is 14.2 Å². The van der Waals surface area contributed by atoms with Gasteiger partial charge in [0.2, 0.25) is 0 Å². The normalized spacial score (nSPS) is 14.6. The molecule has 0 aliphatic heterocycles. The van der Waals surface area contributed by atoms with E-state index in [4.69, 9.17) is 9.47 Å². The van der Waals surface area contributed by atoms with Crippen molar-refractivity contribution in [1.82, 2.24) is 0 Å². The van der Waals surface area contributed by atoms with Crippen molar-refractivity contribution >= 4 is 0 Å². The van der Waals surface area contributed by atoms with E-state index < -0.39 is 0 Å². The van der Waals surface area contributed by atoms with Crippen molar-refractivity contribution in [3.05, 3.63) is 71.3 Å². The fourth-order valence-corrected chi connectivity index (χ4v) is 2.68. The topological polar surface area (TPSA) is 18.5 Å². The molecule has 0 spiro atoms. The Bertz CT molecular complexity index is 567. The van der Waals surface area contributed by atoms with E-state index in [9.17, 15) is 0 Å². The second kappa shape index (κ2) is 7.08. The number of methoxy groups -OCH3 is 2. The molecule has 2 rings (SSSR count). The lowest BCUT2D eigenvalue weighted by molar-refractivity contribution is -0.0397. The highest BCUT2D eigenvalue weighted by molar-refractivity contribution is 5.31. The van der Waals surface area contributed by atoms with Crippen LogP contribution in [-0.4, -0.2) is 14.2 Å². The first-order chi connectivity index (χ1) is 10.5. The quantitative estimate of drug-likeness (QED) is 0.768. The monoisotopic (exact) mass is 298 g/mol. The maximum atomic E-state index is 5.74. The second-order valence-corrected chi connectivity index (χ2v) is 6.60. The van der Waals surface area contributed by atoms with Gasteiger partial charge in [-0.25, -0.2) is 0 Å². The van der Waals surface area contributed by atoms with Crippen LogP contribution < -0.4 is 0 Å². The first kappa shape index (κ1) is 16.7. The molecule has 2 aromatic carbocycles. The number of hydrogen-bond donors (Lipinski definition) is 0. The van der Waals surface area contributed by atoms with Gasteiger partial charge in [0, 0.05) is 14.2 Å². The number of rotatable bonds is 5. The fourth-order valence-electron chi connectivity index (χ4n) is 2.68. The van der Waals surface area contributed by atoms with Gasteiger partial charge >= 0.3 is 0 Å². The predicted octanol–water partition coefficient (Wildman–Crippen LogP) is 5.06. The Hall–Kier alpha value is -1.64. The van der Waals surface area contributed by atoms with Gasteiger partial charge in [-0.3, -0.25) is 0 Å². The summed E-state index contributed by atoms with van der Waals surface area (Å²) in [5.74, 6) is 0. The molecular formula is C20H26O2. The third kappa shape index (κ3) is 3.76. The van der Waals surface area contributed by atoms with E-state index in [0.29, 0.717) is 0 Å². The van der Waals surface area contributed by atoms with Crippen LogP contribution >= 0.6 is 0 Å². The van der Waals surface area contributed by atoms with E-state index in [2.05, 4.69) is 57.2 Å². The van der Waals surface area contributed by atoms with E-state index in [-0.39, 0.29) is 17.6 Å². The van der Waals surface area contributed by atoms with Gasteiger partial charge in [-0.15, -0.1) is 0 Å². The smallest absolute Gasteiger partial charge is 0.112 e. The van der Waals surface area contributed by atoms with Crippen LogP contribution in [0.4, 0.5) is 0 Å². The minimum Gasteiger partial charge on any atom is -0.374 e. The molecule has 2 atom stereocenters. The molecule has 0 bridgehead atoms. The lowest BCUT2D eigenvalue weighted by Gasteiger charge is -2.26. The first-order valence-corrected chi connectivity index (χ1v) is 7.68. The number of ether oxygens (including phenoxy) is 2. The largest absolute Gasteiger partial charge is 0.374 e. The molecule has 0 N–H and O–H groups in total. The number of hydrogen-bond acceptors (Lipinski definition) is 2. The van der Waals surface area contributed by atoms with Gasteiger partial charge in [-0.1, -0.05) is 75.4 Å². The van der Waals surface area contributed by atoms with Gasteiger partial charge in [0.15, 0.2) is 0 Å². The molecule has 0 saturated heterocycles. The molecule has 22 heavy (non-hydrogen) atoms. The first-order valence-electron chi connectivity index (χ1n) is 7.68. The van der Waals surface area contributed by atoms with Crippen molar-refractivity contribution in [3.8, 4) is 0 Å². The number of benzene rings is 2. The molecule has 0 aliphatic rings. The van der Waals surface area contributed by atoms with Crippen LogP contribution in [0, 0.1) is 0 Å². The van der Waals surface area contributed by atoms with Gasteiger partial charge in [0.1, 0.15) is 12.2 Å². The zero-order chi connectivity index (χ0) is 16.2. The Balaban J connectivity index is 2.30. The average molecular weight is 298 g/mol. The Morgan fingerprint density at radius 2 is 1.14 bits per heavy atom. The van der Waals surface area contributed by atoms with E-state index in [0.717, 1.165) is 11.1 Å². The van der Waals surface area contributed by atoms with Crippen molar-refractivity contribution < 1.29 is 9.47 Å². The van der Waals surface area contributed by atoms with Crippen LogP contribution in [0.5, 0.6) is 0 Å². The molecule has 2 nitrogen and oxygen atoms in total. The van der Waals surface area contributed by atoms with Crippen LogP contribution in [0.1, 0.15) is 49.7 Å². The maximum Gasteiger partial charge on any atom is 0.112 e. The van der Waals surface area contributed by atoms with Crippen LogP contribution in [0.15, 0.2) is 54.6 Å². The summed E-state index contributed by atoms with van der Waals surface area (Å²) in [5, 5.41) is 0. The summed E-state index contributed by atoms with van der Waals surface area (Å²) in [5.41, 5.74) is 3.73. The summed E-state index contributed by atoms with van der Waals surface area (Å²) in [6.07, 6.45) is -0.242. The van der Waals surface area contributed by atoms with Gasteiger partial charge in [0.05, 0.1) is 0 Å².